The maximum absolute atomic E-state index is 12.2. The van der Waals surface area contributed by atoms with E-state index >= 15 is 0 Å². The Balaban J connectivity index is 1.60. The molecule has 138 valence electrons. The first kappa shape index (κ1) is 18.9. The Bertz CT molecular complexity index is 935. The van der Waals surface area contributed by atoms with Gasteiger partial charge >= 0.3 is 5.97 Å². The fourth-order valence-corrected chi connectivity index (χ4v) is 2.87. The van der Waals surface area contributed by atoms with Gasteiger partial charge in [-0.05, 0) is 36.4 Å². The Labute approximate surface area is 164 Å². The smallest absolute Gasteiger partial charge is 0.331 e. The van der Waals surface area contributed by atoms with Crippen molar-refractivity contribution in [3.05, 3.63) is 63.6 Å². The number of amides is 1. The molecule has 1 aliphatic heterocycles. The molecule has 0 spiro atoms. The van der Waals surface area contributed by atoms with Crippen LogP contribution in [0.3, 0.4) is 0 Å². The van der Waals surface area contributed by atoms with Gasteiger partial charge in [0, 0.05) is 27.2 Å². The summed E-state index contributed by atoms with van der Waals surface area (Å²) in [4.78, 5) is 35.4. The van der Waals surface area contributed by atoms with E-state index in [1.54, 1.807) is 24.3 Å². The number of ether oxygens (including phenoxy) is 2. The number of esters is 1. The highest BCUT2D eigenvalue weighted by atomic mass is 35.5. The van der Waals surface area contributed by atoms with Gasteiger partial charge in [0.15, 0.2) is 19.0 Å². The molecular weight excluding hydrogens is 393 g/mol. The number of hydrogen-bond donors (Lipinski definition) is 1. The minimum atomic E-state index is -0.714. The molecule has 6 nitrogen and oxygen atoms in total. The number of fused-ring (bicyclic) bond motifs is 1. The predicted octanol–water partition coefficient (Wildman–Crippen LogP) is 3.76. The van der Waals surface area contributed by atoms with Crippen LogP contribution in [0.1, 0.15) is 15.9 Å². The SMILES string of the molecule is O=C1COc2ccc(C(=O)COC(=O)/C=C/c3c(Cl)cccc3Cl)cc2N1. The van der Waals surface area contributed by atoms with Gasteiger partial charge in [0.25, 0.3) is 5.91 Å². The molecule has 1 N–H and O–H groups in total. The van der Waals surface area contributed by atoms with Gasteiger partial charge in [0.05, 0.1) is 5.69 Å². The zero-order valence-corrected chi connectivity index (χ0v) is 15.3. The summed E-state index contributed by atoms with van der Waals surface area (Å²) in [5.74, 6) is -0.964. The number of carbonyl (C=O) groups is 3. The average Bonchev–Trinajstić information content (AvgIpc) is 2.65. The fraction of sp³-hybridized carbons (Fsp3) is 0.105. The third kappa shape index (κ3) is 4.67. The summed E-state index contributed by atoms with van der Waals surface area (Å²) in [6.07, 6.45) is 2.56. The van der Waals surface area contributed by atoms with Gasteiger partial charge in [0.1, 0.15) is 5.75 Å². The topological polar surface area (TPSA) is 81.7 Å². The largest absolute Gasteiger partial charge is 0.482 e. The van der Waals surface area contributed by atoms with Crippen molar-refractivity contribution < 1.29 is 23.9 Å². The van der Waals surface area contributed by atoms with Crippen molar-refractivity contribution in [2.24, 2.45) is 0 Å². The van der Waals surface area contributed by atoms with Gasteiger partial charge in [-0.1, -0.05) is 29.3 Å². The molecule has 0 saturated heterocycles. The van der Waals surface area contributed by atoms with Crippen molar-refractivity contribution in [2.75, 3.05) is 18.5 Å². The van der Waals surface area contributed by atoms with Crippen molar-refractivity contribution in [3.63, 3.8) is 0 Å². The van der Waals surface area contributed by atoms with Crippen LogP contribution in [0.15, 0.2) is 42.5 Å². The van der Waals surface area contributed by atoms with Crippen molar-refractivity contribution in [1.29, 1.82) is 0 Å². The van der Waals surface area contributed by atoms with Crippen LogP contribution in [-0.2, 0) is 14.3 Å². The molecule has 0 radical (unpaired) electrons. The van der Waals surface area contributed by atoms with Crippen LogP contribution in [0.4, 0.5) is 5.69 Å². The summed E-state index contributed by atoms with van der Waals surface area (Å²) in [6.45, 7) is -0.521. The summed E-state index contributed by atoms with van der Waals surface area (Å²) >= 11 is 12.0. The van der Waals surface area contributed by atoms with Gasteiger partial charge in [-0.2, -0.15) is 0 Å². The Morgan fingerprint density at radius 1 is 1.19 bits per heavy atom. The summed E-state index contributed by atoms with van der Waals surface area (Å²) in [5.41, 5.74) is 1.16. The number of carbonyl (C=O) groups excluding carboxylic acids is 3. The lowest BCUT2D eigenvalue weighted by Crippen LogP contribution is -2.25. The van der Waals surface area contributed by atoms with E-state index in [-0.39, 0.29) is 18.1 Å². The van der Waals surface area contributed by atoms with Crippen molar-refractivity contribution in [3.8, 4) is 5.75 Å². The zero-order valence-electron chi connectivity index (χ0n) is 13.8. The molecule has 0 aliphatic carbocycles. The van der Waals surface area contributed by atoms with Gasteiger partial charge in [-0.3, -0.25) is 9.59 Å². The molecule has 1 amide bonds. The molecular formula is C19H13Cl2NO5. The minimum Gasteiger partial charge on any atom is -0.482 e. The van der Waals surface area contributed by atoms with Crippen LogP contribution in [-0.4, -0.2) is 30.9 Å². The molecule has 0 fully saturated rings. The zero-order chi connectivity index (χ0) is 19.4. The Morgan fingerprint density at radius 3 is 2.67 bits per heavy atom. The predicted molar refractivity (Wildman–Crippen MR) is 101 cm³/mol. The number of nitrogens with one attached hydrogen (secondary N) is 1. The van der Waals surface area contributed by atoms with Crippen LogP contribution in [0.25, 0.3) is 6.08 Å². The summed E-state index contributed by atoms with van der Waals surface area (Å²) in [5, 5.41) is 3.39. The van der Waals surface area contributed by atoms with E-state index in [1.807, 2.05) is 0 Å². The van der Waals surface area contributed by atoms with E-state index in [0.29, 0.717) is 27.0 Å². The van der Waals surface area contributed by atoms with Crippen LogP contribution in [0, 0.1) is 0 Å². The molecule has 0 aromatic heterocycles. The first-order valence-corrected chi connectivity index (χ1v) is 8.58. The number of halogens is 2. The number of anilines is 1. The number of benzene rings is 2. The lowest BCUT2D eigenvalue weighted by molar-refractivity contribution is -0.136. The second kappa shape index (κ2) is 8.24. The van der Waals surface area contributed by atoms with Crippen molar-refractivity contribution in [2.45, 2.75) is 0 Å². The summed E-state index contributed by atoms with van der Waals surface area (Å²) in [7, 11) is 0. The van der Waals surface area contributed by atoms with Crippen molar-refractivity contribution >= 4 is 52.6 Å². The molecule has 0 saturated carbocycles. The minimum absolute atomic E-state index is 0.0698. The van der Waals surface area contributed by atoms with Gasteiger partial charge in [0.2, 0.25) is 0 Å². The Morgan fingerprint density at radius 2 is 1.93 bits per heavy atom. The van der Waals surface area contributed by atoms with Crippen LogP contribution in [0.5, 0.6) is 5.75 Å². The third-order valence-corrected chi connectivity index (χ3v) is 4.32. The van der Waals surface area contributed by atoms with E-state index < -0.39 is 18.4 Å². The second-order valence-corrected chi connectivity index (χ2v) is 6.36. The second-order valence-electron chi connectivity index (χ2n) is 5.55. The molecule has 2 aromatic carbocycles. The molecule has 2 aromatic rings. The molecule has 0 unspecified atom stereocenters. The summed E-state index contributed by atoms with van der Waals surface area (Å²) < 4.78 is 10.2. The number of rotatable bonds is 5. The normalized spacial score (nSPS) is 12.9. The van der Waals surface area contributed by atoms with E-state index in [9.17, 15) is 14.4 Å². The van der Waals surface area contributed by atoms with Gasteiger partial charge < -0.3 is 14.8 Å². The Kier molecular flexibility index (Phi) is 5.78. The first-order chi connectivity index (χ1) is 12.9. The average molecular weight is 406 g/mol. The van der Waals surface area contributed by atoms with Crippen LogP contribution < -0.4 is 10.1 Å². The fourth-order valence-electron chi connectivity index (χ4n) is 2.35. The van der Waals surface area contributed by atoms with E-state index in [2.05, 4.69) is 5.32 Å². The van der Waals surface area contributed by atoms with Crippen molar-refractivity contribution in [1.82, 2.24) is 0 Å². The molecule has 8 heteroatoms. The van der Waals surface area contributed by atoms with E-state index in [4.69, 9.17) is 32.7 Å². The third-order valence-electron chi connectivity index (χ3n) is 3.67. The van der Waals surface area contributed by atoms with Crippen LogP contribution >= 0.6 is 23.2 Å². The van der Waals surface area contributed by atoms with Gasteiger partial charge in [-0.15, -0.1) is 0 Å². The number of ketones is 1. The highest BCUT2D eigenvalue weighted by molar-refractivity contribution is 6.37. The first-order valence-electron chi connectivity index (χ1n) is 7.83. The maximum atomic E-state index is 12.2. The number of Topliss-reactive ketones (excluding diaryl/α,β-unsaturated/α-hetero) is 1. The molecule has 0 atom stereocenters. The molecule has 3 rings (SSSR count). The maximum Gasteiger partial charge on any atom is 0.331 e. The molecule has 0 bridgehead atoms. The molecule has 1 heterocycles. The molecule has 1 aliphatic rings. The lowest BCUT2D eigenvalue weighted by atomic mass is 10.1. The standard InChI is InChI=1S/C19H13Cl2NO5/c20-13-2-1-3-14(21)12(13)5-7-19(25)27-9-16(23)11-4-6-17-15(8-11)22-18(24)10-26-17/h1-8H,9-10H2,(H,22,24)/b7-5+. The quantitative estimate of drug-likeness (QED) is 0.465. The Hall–Kier alpha value is -2.83. The highest BCUT2D eigenvalue weighted by Crippen LogP contribution is 2.28. The van der Waals surface area contributed by atoms with E-state index in [1.165, 1.54) is 18.2 Å². The van der Waals surface area contributed by atoms with E-state index in [0.717, 1.165) is 6.08 Å². The van der Waals surface area contributed by atoms with Gasteiger partial charge in [-0.25, -0.2) is 4.79 Å². The summed E-state index contributed by atoms with van der Waals surface area (Å²) in [6, 6.07) is 9.54. The highest BCUT2D eigenvalue weighted by Gasteiger charge is 2.18. The molecule has 27 heavy (non-hydrogen) atoms. The van der Waals surface area contributed by atoms with Crippen LogP contribution in [0.2, 0.25) is 10.0 Å². The monoisotopic (exact) mass is 405 g/mol. The number of hydrogen-bond acceptors (Lipinski definition) is 5. The lowest BCUT2D eigenvalue weighted by Gasteiger charge is -2.18.